The minimum absolute atomic E-state index is 0.571. The summed E-state index contributed by atoms with van der Waals surface area (Å²) in [6.07, 6.45) is 2.31. The Morgan fingerprint density at radius 2 is 2.19 bits per heavy atom. The Hall–Kier alpha value is -0.600. The van der Waals surface area contributed by atoms with Gasteiger partial charge in [0, 0.05) is 16.5 Å². The van der Waals surface area contributed by atoms with Crippen LogP contribution in [0.2, 0.25) is 5.02 Å². The SMILES string of the molecule is CCN1/C(=C/C(C)C)Sc2ccc(Cl)cc21. The van der Waals surface area contributed by atoms with Crippen LogP contribution in [0.4, 0.5) is 5.69 Å². The summed E-state index contributed by atoms with van der Waals surface area (Å²) in [4.78, 5) is 3.63. The Morgan fingerprint density at radius 1 is 1.44 bits per heavy atom. The normalized spacial score (nSPS) is 17.3. The molecular weight excluding hydrogens is 238 g/mol. The van der Waals surface area contributed by atoms with E-state index in [0.29, 0.717) is 5.92 Å². The molecule has 0 aliphatic carbocycles. The number of allylic oxidation sites excluding steroid dienone is 1. The molecule has 0 bridgehead atoms. The molecule has 1 aromatic carbocycles. The van der Waals surface area contributed by atoms with Crippen molar-refractivity contribution in [3.63, 3.8) is 0 Å². The molecule has 86 valence electrons. The maximum atomic E-state index is 6.04. The van der Waals surface area contributed by atoms with Gasteiger partial charge in [-0.05, 0) is 31.0 Å². The molecule has 2 rings (SSSR count). The van der Waals surface area contributed by atoms with Gasteiger partial charge in [-0.1, -0.05) is 43.3 Å². The number of hydrogen-bond donors (Lipinski definition) is 0. The van der Waals surface area contributed by atoms with Gasteiger partial charge < -0.3 is 4.90 Å². The lowest BCUT2D eigenvalue weighted by Gasteiger charge is -2.18. The summed E-state index contributed by atoms with van der Waals surface area (Å²) < 4.78 is 0. The number of thioether (sulfide) groups is 1. The van der Waals surface area contributed by atoms with Crippen molar-refractivity contribution in [2.24, 2.45) is 5.92 Å². The highest BCUT2D eigenvalue weighted by Gasteiger charge is 2.23. The topological polar surface area (TPSA) is 3.24 Å². The number of halogens is 1. The summed E-state index contributed by atoms with van der Waals surface area (Å²) in [6, 6.07) is 6.11. The molecule has 1 aliphatic rings. The fraction of sp³-hybridized carbons (Fsp3) is 0.385. The Morgan fingerprint density at radius 3 is 2.81 bits per heavy atom. The van der Waals surface area contributed by atoms with Crippen molar-refractivity contribution in [2.75, 3.05) is 11.4 Å². The summed E-state index contributed by atoms with van der Waals surface area (Å²) in [7, 11) is 0. The molecule has 0 N–H and O–H groups in total. The fourth-order valence-electron chi connectivity index (χ4n) is 1.81. The Labute approximate surface area is 106 Å². The molecular formula is C13H16ClNS. The summed E-state index contributed by atoms with van der Waals surface area (Å²) in [5, 5.41) is 2.14. The molecule has 1 aliphatic heterocycles. The van der Waals surface area contributed by atoms with E-state index in [1.807, 2.05) is 17.8 Å². The average molecular weight is 254 g/mol. The zero-order valence-electron chi connectivity index (χ0n) is 9.83. The number of rotatable bonds is 2. The molecule has 1 heterocycles. The van der Waals surface area contributed by atoms with Gasteiger partial charge in [0.15, 0.2) is 0 Å². The second-order valence-electron chi connectivity index (χ2n) is 4.21. The van der Waals surface area contributed by atoms with Crippen LogP contribution < -0.4 is 4.90 Å². The Balaban J connectivity index is 2.40. The van der Waals surface area contributed by atoms with Crippen molar-refractivity contribution in [3.8, 4) is 0 Å². The van der Waals surface area contributed by atoms with Crippen molar-refractivity contribution in [3.05, 3.63) is 34.3 Å². The molecule has 0 radical (unpaired) electrons. The molecule has 0 amide bonds. The molecule has 0 aromatic heterocycles. The third kappa shape index (κ3) is 2.23. The molecule has 0 saturated carbocycles. The first-order chi connectivity index (χ1) is 7.61. The zero-order valence-corrected chi connectivity index (χ0v) is 11.4. The molecule has 0 spiro atoms. The number of hydrogen-bond acceptors (Lipinski definition) is 2. The fourth-order valence-corrected chi connectivity index (χ4v) is 3.29. The molecule has 0 saturated heterocycles. The molecule has 1 nitrogen and oxygen atoms in total. The minimum Gasteiger partial charge on any atom is -0.336 e. The van der Waals surface area contributed by atoms with Crippen LogP contribution in [-0.2, 0) is 0 Å². The van der Waals surface area contributed by atoms with Crippen molar-refractivity contribution in [2.45, 2.75) is 25.7 Å². The van der Waals surface area contributed by atoms with E-state index in [2.05, 4.69) is 43.9 Å². The molecule has 0 atom stereocenters. The standard InChI is InChI=1S/C13H16ClNS/c1-4-15-11-8-10(14)5-6-12(11)16-13(15)7-9(2)3/h5-9H,4H2,1-3H3/b13-7-. The van der Waals surface area contributed by atoms with Gasteiger partial charge in [-0.25, -0.2) is 0 Å². The Bertz CT molecular complexity index is 426. The zero-order chi connectivity index (χ0) is 11.7. The first kappa shape index (κ1) is 11.9. The summed E-state index contributed by atoms with van der Waals surface area (Å²) in [6.45, 7) is 7.57. The van der Waals surface area contributed by atoms with E-state index in [4.69, 9.17) is 11.6 Å². The van der Waals surface area contributed by atoms with Crippen molar-refractivity contribution >= 4 is 29.1 Å². The van der Waals surface area contributed by atoms with Crippen molar-refractivity contribution < 1.29 is 0 Å². The maximum Gasteiger partial charge on any atom is 0.0763 e. The van der Waals surface area contributed by atoms with E-state index >= 15 is 0 Å². The first-order valence-corrected chi connectivity index (χ1v) is 6.78. The molecule has 1 aromatic rings. The van der Waals surface area contributed by atoms with E-state index in [1.165, 1.54) is 15.6 Å². The molecule has 0 unspecified atom stereocenters. The van der Waals surface area contributed by atoms with Crippen LogP contribution in [0.5, 0.6) is 0 Å². The predicted octanol–water partition coefficient (Wildman–Crippen LogP) is 4.77. The average Bonchev–Trinajstić information content (AvgIpc) is 2.53. The van der Waals surface area contributed by atoms with Crippen LogP contribution in [0.3, 0.4) is 0 Å². The van der Waals surface area contributed by atoms with Gasteiger partial charge in [-0.3, -0.25) is 0 Å². The molecule has 3 heteroatoms. The van der Waals surface area contributed by atoms with E-state index in [1.54, 1.807) is 0 Å². The van der Waals surface area contributed by atoms with Crippen LogP contribution in [0, 0.1) is 5.92 Å². The summed E-state index contributed by atoms with van der Waals surface area (Å²) >= 11 is 7.88. The van der Waals surface area contributed by atoms with Gasteiger partial charge >= 0.3 is 0 Å². The van der Waals surface area contributed by atoms with E-state index in [-0.39, 0.29) is 0 Å². The molecule has 0 fully saturated rings. The smallest absolute Gasteiger partial charge is 0.0763 e. The third-order valence-corrected chi connectivity index (χ3v) is 3.85. The van der Waals surface area contributed by atoms with Gasteiger partial charge in [-0.2, -0.15) is 0 Å². The van der Waals surface area contributed by atoms with Crippen molar-refractivity contribution in [1.82, 2.24) is 0 Å². The predicted molar refractivity (Wildman–Crippen MR) is 73.3 cm³/mol. The number of fused-ring (bicyclic) bond motifs is 1. The van der Waals surface area contributed by atoms with Crippen LogP contribution in [0.25, 0.3) is 0 Å². The van der Waals surface area contributed by atoms with Crippen LogP contribution in [0.15, 0.2) is 34.2 Å². The number of anilines is 1. The minimum atomic E-state index is 0.571. The van der Waals surface area contributed by atoms with Crippen LogP contribution in [0.1, 0.15) is 20.8 Å². The van der Waals surface area contributed by atoms with Gasteiger partial charge in [0.25, 0.3) is 0 Å². The third-order valence-electron chi connectivity index (χ3n) is 2.48. The monoisotopic (exact) mass is 253 g/mol. The highest BCUT2D eigenvalue weighted by atomic mass is 35.5. The van der Waals surface area contributed by atoms with Gasteiger partial charge in [0.05, 0.1) is 10.7 Å². The van der Waals surface area contributed by atoms with Crippen LogP contribution in [-0.4, -0.2) is 6.54 Å². The highest BCUT2D eigenvalue weighted by Crippen LogP contribution is 2.46. The van der Waals surface area contributed by atoms with E-state index in [0.717, 1.165) is 11.6 Å². The quantitative estimate of drug-likeness (QED) is 0.747. The highest BCUT2D eigenvalue weighted by molar-refractivity contribution is 8.03. The molecule has 16 heavy (non-hydrogen) atoms. The maximum absolute atomic E-state index is 6.04. The summed E-state index contributed by atoms with van der Waals surface area (Å²) in [5.74, 6) is 0.571. The largest absolute Gasteiger partial charge is 0.336 e. The lowest BCUT2D eigenvalue weighted by molar-refractivity contribution is 0.820. The number of benzene rings is 1. The second-order valence-corrected chi connectivity index (χ2v) is 5.71. The van der Waals surface area contributed by atoms with Gasteiger partial charge in [0.2, 0.25) is 0 Å². The lowest BCUT2D eigenvalue weighted by atomic mass is 10.2. The van der Waals surface area contributed by atoms with E-state index < -0.39 is 0 Å². The lowest BCUT2D eigenvalue weighted by Crippen LogP contribution is -2.16. The second kappa shape index (κ2) is 4.72. The van der Waals surface area contributed by atoms with Crippen LogP contribution >= 0.6 is 23.4 Å². The van der Waals surface area contributed by atoms with E-state index in [9.17, 15) is 0 Å². The van der Waals surface area contributed by atoms with Gasteiger partial charge in [-0.15, -0.1) is 0 Å². The van der Waals surface area contributed by atoms with Gasteiger partial charge in [0.1, 0.15) is 0 Å². The first-order valence-electron chi connectivity index (χ1n) is 5.58. The Kier molecular flexibility index (Phi) is 3.50. The number of nitrogens with zero attached hydrogens (tertiary/aromatic N) is 1. The summed E-state index contributed by atoms with van der Waals surface area (Å²) in [5.41, 5.74) is 1.24. The van der Waals surface area contributed by atoms with Crippen molar-refractivity contribution in [1.29, 1.82) is 0 Å².